The van der Waals surface area contributed by atoms with Crippen molar-refractivity contribution in [3.05, 3.63) is 78.9 Å². The van der Waals surface area contributed by atoms with Gasteiger partial charge in [-0.3, -0.25) is 4.79 Å². The molecule has 2 aromatic rings. The Morgan fingerprint density at radius 2 is 1.80 bits per heavy atom. The zero-order valence-electron chi connectivity index (χ0n) is 20.6. The second kappa shape index (κ2) is 16.7. The summed E-state index contributed by atoms with van der Waals surface area (Å²) in [5.74, 6) is -0.738. The molecule has 184 valence electrons. The van der Waals surface area contributed by atoms with Gasteiger partial charge in [-0.15, -0.1) is 30.4 Å². The quantitative estimate of drug-likeness (QED) is 0.231. The number of allylic oxidation sites excluding steroid dienone is 1. The van der Waals surface area contributed by atoms with E-state index in [0.717, 1.165) is 12.7 Å². The summed E-state index contributed by atoms with van der Waals surface area (Å²) in [6.45, 7) is 14.1. The minimum Gasteiger partial charge on any atom is -0.429 e. The number of benzene rings is 2. The number of aliphatic imine (C=N–C) groups is 1. The number of carbonyl (C=O) groups excluding carboxylic acids is 1. The van der Waals surface area contributed by atoms with E-state index in [1.807, 2.05) is 0 Å². The maximum Gasteiger partial charge on any atom is 1.00 e. The first-order valence-corrected chi connectivity index (χ1v) is 10.7. The standard InChI is InChI=1S/C22H20F3N2O3.C4H10.K/c1-4-10-26-21-14(3)18(11-16(19(21)13-28)12-27-20(29)5-2)15-6-8-17(9-7-15)30-22(23,24)25;1-3-4-2;/h4-11,13,28H,1-2,12H2,3H3,(H,27,29);3-4H2,1-2H3;/q-1;;+1. The van der Waals surface area contributed by atoms with Gasteiger partial charge in [0, 0.05) is 6.21 Å². The van der Waals surface area contributed by atoms with Gasteiger partial charge < -0.3 is 20.2 Å². The van der Waals surface area contributed by atoms with Gasteiger partial charge in [0.25, 0.3) is 0 Å². The van der Waals surface area contributed by atoms with Crippen LogP contribution in [-0.2, 0) is 11.3 Å². The SMILES string of the molecule is C=CC=Nc1c(C)c(-c2ccc(OC(F)(F)F)cc2)cc(CNC(=O)C=C)c1[CH-]O.CCCC.[K+]. The third kappa shape index (κ3) is 11.1. The van der Waals surface area contributed by atoms with Crippen LogP contribution in [0, 0.1) is 13.5 Å². The smallest absolute Gasteiger partial charge is 0.429 e. The number of halogens is 3. The van der Waals surface area contributed by atoms with Gasteiger partial charge in [-0.25, -0.2) is 0 Å². The number of amides is 1. The van der Waals surface area contributed by atoms with Crippen LogP contribution in [0.5, 0.6) is 5.75 Å². The minimum absolute atomic E-state index is 0. The first-order chi connectivity index (χ1) is 16.1. The van der Waals surface area contributed by atoms with E-state index in [1.54, 1.807) is 13.0 Å². The van der Waals surface area contributed by atoms with Gasteiger partial charge >= 0.3 is 57.7 Å². The summed E-state index contributed by atoms with van der Waals surface area (Å²) in [5.41, 5.74) is 3.34. The number of alkyl halides is 3. The van der Waals surface area contributed by atoms with E-state index in [1.165, 1.54) is 49.4 Å². The second-order valence-corrected chi connectivity index (χ2v) is 7.11. The van der Waals surface area contributed by atoms with Crippen LogP contribution in [0.1, 0.15) is 43.4 Å². The molecule has 2 rings (SSSR count). The zero-order chi connectivity index (χ0) is 25.7. The van der Waals surface area contributed by atoms with Crippen LogP contribution in [0.4, 0.5) is 18.9 Å². The topological polar surface area (TPSA) is 70.9 Å². The van der Waals surface area contributed by atoms with Gasteiger partial charge in [0.1, 0.15) is 5.75 Å². The number of aliphatic hydroxyl groups excluding tert-OH is 1. The maximum atomic E-state index is 12.4. The van der Waals surface area contributed by atoms with Crippen LogP contribution in [0.15, 0.2) is 60.6 Å². The Balaban J connectivity index is 0.00000214. The molecule has 0 radical (unpaired) electrons. The van der Waals surface area contributed by atoms with Crippen LogP contribution in [-0.4, -0.2) is 23.6 Å². The molecule has 0 spiro atoms. The maximum absolute atomic E-state index is 12.4. The summed E-state index contributed by atoms with van der Waals surface area (Å²) in [7, 11) is 0. The van der Waals surface area contributed by atoms with E-state index in [-0.39, 0.29) is 63.7 Å². The number of hydrogen-bond acceptors (Lipinski definition) is 4. The van der Waals surface area contributed by atoms with Crippen molar-refractivity contribution in [2.24, 2.45) is 4.99 Å². The molecule has 0 atom stereocenters. The number of ether oxygens (including phenoxy) is 1. The molecule has 2 aromatic carbocycles. The summed E-state index contributed by atoms with van der Waals surface area (Å²) >= 11 is 0. The molecule has 0 aromatic heterocycles. The van der Waals surface area contributed by atoms with Gasteiger partial charge in [-0.1, -0.05) is 70.2 Å². The number of nitrogens with one attached hydrogen (secondary N) is 1. The van der Waals surface area contributed by atoms with Gasteiger partial charge in [0.15, 0.2) is 0 Å². The number of rotatable bonds is 9. The first kappa shape index (κ1) is 33.1. The van der Waals surface area contributed by atoms with Crippen molar-refractivity contribution in [1.29, 1.82) is 0 Å². The number of nitrogens with zero attached hydrogens (tertiary/aromatic N) is 1. The largest absolute Gasteiger partial charge is 1.00 e. The van der Waals surface area contributed by atoms with E-state index >= 15 is 0 Å². The predicted molar refractivity (Wildman–Crippen MR) is 130 cm³/mol. The monoisotopic (exact) mass is 514 g/mol. The second-order valence-electron chi connectivity index (χ2n) is 7.11. The van der Waals surface area contributed by atoms with E-state index in [9.17, 15) is 23.1 Å². The number of hydrogen-bond donors (Lipinski definition) is 2. The summed E-state index contributed by atoms with van der Waals surface area (Å²) < 4.78 is 41.1. The Bertz CT molecular complexity index is 1000. The van der Waals surface area contributed by atoms with Crippen molar-refractivity contribution in [3.63, 3.8) is 0 Å². The molecule has 0 aliphatic carbocycles. The Morgan fingerprint density at radius 3 is 2.26 bits per heavy atom. The van der Waals surface area contributed by atoms with Crippen molar-refractivity contribution in [3.8, 4) is 16.9 Å². The average Bonchev–Trinajstić information content (AvgIpc) is 2.81. The average molecular weight is 515 g/mol. The Hall–Kier alpha value is -1.88. The van der Waals surface area contributed by atoms with E-state index in [2.05, 4.69) is 42.1 Å². The van der Waals surface area contributed by atoms with Crippen LogP contribution in [0.3, 0.4) is 0 Å². The van der Waals surface area contributed by atoms with Crippen molar-refractivity contribution >= 4 is 17.8 Å². The third-order valence-electron chi connectivity index (χ3n) is 4.65. The summed E-state index contributed by atoms with van der Waals surface area (Å²) in [5, 5.41) is 12.4. The molecule has 0 heterocycles. The van der Waals surface area contributed by atoms with Gasteiger partial charge in [-0.05, 0) is 48.5 Å². The van der Waals surface area contributed by atoms with Gasteiger partial charge in [0.2, 0.25) is 5.91 Å². The summed E-state index contributed by atoms with van der Waals surface area (Å²) in [4.78, 5) is 15.9. The zero-order valence-corrected chi connectivity index (χ0v) is 23.7. The molecule has 0 aliphatic rings. The molecule has 9 heteroatoms. The normalized spacial score (nSPS) is 10.5. The van der Waals surface area contributed by atoms with Crippen LogP contribution >= 0.6 is 0 Å². The summed E-state index contributed by atoms with van der Waals surface area (Å²) in [6, 6.07) is 7.12. The molecule has 0 unspecified atom stereocenters. The fourth-order valence-corrected chi connectivity index (χ4v) is 2.82. The Morgan fingerprint density at radius 1 is 1.20 bits per heavy atom. The van der Waals surface area contributed by atoms with Crippen LogP contribution in [0.25, 0.3) is 11.1 Å². The fraction of sp³-hybridized carbons (Fsp3) is 0.269. The van der Waals surface area contributed by atoms with Crippen LogP contribution < -0.4 is 61.4 Å². The van der Waals surface area contributed by atoms with Crippen molar-refractivity contribution in [2.75, 3.05) is 0 Å². The van der Waals surface area contributed by atoms with Gasteiger partial charge in [-0.2, -0.15) is 0 Å². The molecule has 5 nitrogen and oxygen atoms in total. The van der Waals surface area contributed by atoms with Crippen LogP contribution in [0.2, 0.25) is 0 Å². The first-order valence-electron chi connectivity index (χ1n) is 10.7. The fourth-order valence-electron chi connectivity index (χ4n) is 2.82. The van der Waals surface area contributed by atoms with Crippen molar-refractivity contribution in [1.82, 2.24) is 5.32 Å². The molecule has 2 N–H and O–H groups in total. The van der Waals surface area contributed by atoms with Crippen molar-refractivity contribution < 1.29 is 79.2 Å². The predicted octanol–water partition coefficient (Wildman–Crippen LogP) is 3.94. The molecular weight excluding hydrogens is 484 g/mol. The molecule has 0 saturated carbocycles. The molecule has 0 aliphatic heterocycles. The third-order valence-corrected chi connectivity index (χ3v) is 4.65. The molecular formula is C26H30F3KN2O3. The van der Waals surface area contributed by atoms with E-state index < -0.39 is 12.3 Å². The molecule has 0 saturated heterocycles. The molecule has 35 heavy (non-hydrogen) atoms. The Kier molecular flexibility index (Phi) is 15.8. The van der Waals surface area contributed by atoms with Crippen molar-refractivity contribution in [2.45, 2.75) is 46.5 Å². The van der Waals surface area contributed by atoms with E-state index in [0.29, 0.717) is 33.5 Å². The van der Waals surface area contributed by atoms with Gasteiger partial charge in [0.05, 0.1) is 0 Å². The number of unbranched alkanes of at least 4 members (excludes halogenated alkanes) is 1. The minimum atomic E-state index is -4.78. The summed E-state index contributed by atoms with van der Waals surface area (Å²) in [6.07, 6.45) is 1.90. The molecule has 0 bridgehead atoms. The Labute approximate surface area is 247 Å². The number of carbonyl (C=O) groups is 1. The number of aliphatic hydroxyl groups is 1. The van der Waals surface area contributed by atoms with E-state index in [4.69, 9.17) is 0 Å². The molecule has 1 amide bonds. The molecule has 0 fully saturated rings.